The highest BCUT2D eigenvalue weighted by Gasteiger charge is 2.29. The minimum atomic E-state index is -0.384. The molecular formula is C54H69B2Br2ClN12O2. The molecule has 0 spiro atoms. The van der Waals surface area contributed by atoms with Gasteiger partial charge in [0.25, 0.3) is 0 Å². The summed E-state index contributed by atoms with van der Waals surface area (Å²) < 4.78 is 1.77. The second kappa shape index (κ2) is 27.0. The molecule has 0 radical (unpaired) electrons. The summed E-state index contributed by atoms with van der Waals surface area (Å²) in [5.41, 5.74) is 12.1. The third-order valence-electron chi connectivity index (χ3n) is 14.3. The van der Waals surface area contributed by atoms with Crippen LogP contribution in [0.4, 0.5) is 51.7 Å². The molecule has 4 aromatic carbocycles. The standard InChI is InChI=1S/C27H34BBrN6O.C16H17BrClN3.C11H18BN3O/c1-28(36)34-18-16-33(17-19-34)22-14-12-21(13-15-22)31-27-30-20-25(29)26(32-27)35(23-8-4-2-5-9-23)24-10-6-3-7-11-24;17-14-11-19-16(18)20-15(14)21(12-7-3-1-4-8-12)13-9-5-2-6-10-13;1-12(16)15-8-6-14(7-9-15)11-4-2-10(13)3-5-11/h2,4-5,8-9,12-15,20,24,36H,3,6-7,10-11,16-19H2,1H3,(H,30,31,32);1,3-4,7-8,11,13H,2,5-6,9-10H2;2-5,16H,6-9,13H2,1H3. The van der Waals surface area contributed by atoms with Gasteiger partial charge in [-0.25, -0.2) is 9.97 Å². The fraction of sp³-hybridized carbons (Fsp3) is 0.407. The van der Waals surface area contributed by atoms with Crippen molar-refractivity contribution in [1.82, 2.24) is 29.6 Å². The zero-order chi connectivity index (χ0) is 51.1. The van der Waals surface area contributed by atoms with Gasteiger partial charge in [0.1, 0.15) is 0 Å². The molecule has 0 atom stereocenters. The van der Waals surface area contributed by atoms with Crippen molar-refractivity contribution in [3.05, 3.63) is 136 Å². The number of nitrogens with zero attached hydrogens (tertiary/aromatic N) is 10. The molecule has 0 amide bonds. The van der Waals surface area contributed by atoms with E-state index in [2.05, 4.69) is 160 Å². The van der Waals surface area contributed by atoms with Crippen molar-refractivity contribution in [3.63, 3.8) is 0 Å². The van der Waals surface area contributed by atoms with Gasteiger partial charge in [-0.1, -0.05) is 74.9 Å². The lowest BCUT2D eigenvalue weighted by Crippen LogP contribution is -2.51. The SMILES string of the molecule is CB(O)N1CCN(c2ccc(N)cc2)CC1.CB(O)N1CCN(c2ccc(Nc3ncc(Br)c(N(c4ccccc4)C4CCCCC4)n3)cc2)CC1.Clc1ncc(Br)c(N(c2ccccc2)C2CCCCC2)n1. The van der Waals surface area contributed by atoms with Gasteiger partial charge >= 0.3 is 14.1 Å². The van der Waals surface area contributed by atoms with Crippen LogP contribution in [0.25, 0.3) is 0 Å². The lowest BCUT2D eigenvalue weighted by atomic mass is 9.84. The average molecular weight is 1140 g/mol. The van der Waals surface area contributed by atoms with Crippen LogP contribution in [-0.4, -0.2) is 118 Å². The number of anilines is 9. The normalized spacial score (nSPS) is 16.9. The van der Waals surface area contributed by atoms with Crippen LogP contribution < -0.4 is 30.7 Å². The van der Waals surface area contributed by atoms with E-state index in [1.54, 1.807) is 6.20 Å². The van der Waals surface area contributed by atoms with Gasteiger partial charge in [0, 0.05) is 111 Å². The molecule has 2 aromatic heterocycles. The van der Waals surface area contributed by atoms with E-state index in [4.69, 9.17) is 22.3 Å². The van der Waals surface area contributed by atoms with E-state index in [-0.39, 0.29) is 19.4 Å². The van der Waals surface area contributed by atoms with Gasteiger partial charge < -0.3 is 50.3 Å². The highest BCUT2D eigenvalue weighted by molar-refractivity contribution is 9.11. The number of nitrogens with two attached hydrogens (primary N) is 1. The van der Waals surface area contributed by atoms with Crippen LogP contribution in [0.5, 0.6) is 0 Å². The van der Waals surface area contributed by atoms with Crippen LogP contribution >= 0.6 is 43.5 Å². The number of para-hydroxylation sites is 2. The summed E-state index contributed by atoms with van der Waals surface area (Å²) in [4.78, 5) is 31.6. The van der Waals surface area contributed by atoms with Crippen molar-refractivity contribution < 1.29 is 10.0 Å². The molecule has 6 aromatic rings. The highest BCUT2D eigenvalue weighted by atomic mass is 79.9. The Morgan fingerprint density at radius 3 is 1.41 bits per heavy atom. The van der Waals surface area contributed by atoms with Crippen LogP contribution in [0, 0.1) is 0 Å². The van der Waals surface area contributed by atoms with Gasteiger partial charge in [0.05, 0.1) is 8.95 Å². The van der Waals surface area contributed by atoms with Crippen molar-refractivity contribution >= 4 is 109 Å². The molecule has 4 heterocycles. The Morgan fingerprint density at radius 2 is 0.973 bits per heavy atom. The molecule has 14 nitrogen and oxygen atoms in total. The number of hydrogen-bond acceptors (Lipinski definition) is 14. The van der Waals surface area contributed by atoms with Crippen LogP contribution in [0.2, 0.25) is 18.9 Å². The van der Waals surface area contributed by atoms with E-state index in [0.717, 1.165) is 95.7 Å². The number of piperazine rings is 2. The molecule has 2 aliphatic carbocycles. The monoisotopic (exact) mass is 1130 g/mol. The number of benzene rings is 4. The lowest BCUT2D eigenvalue weighted by Gasteiger charge is -2.36. The first-order valence-corrected chi connectivity index (χ1v) is 27.9. The molecule has 2 saturated heterocycles. The lowest BCUT2D eigenvalue weighted by molar-refractivity contribution is 0.344. The quantitative estimate of drug-likeness (QED) is 0.0523. The number of nitrogen functional groups attached to an aromatic ring is 1. The Bertz CT molecular complexity index is 2590. The van der Waals surface area contributed by atoms with Gasteiger partial charge in [0.15, 0.2) is 11.6 Å². The fourth-order valence-electron chi connectivity index (χ4n) is 10.2. The minimum Gasteiger partial charge on any atom is -0.437 e. The van der Waals surface area contributed by atoms with Crippen LogP contribution in [0.3, 0.4) is 0 Å². The van der Waals surface area contributed by atoms with Crippen molar-refractivity contribution in [2.75, 3.05) is 83.0 Å². The van der Waals surface area contributed by atoms with Gasteiger partial charge in [-0.15, -0.1) is 0 Å². The molecule has 4 fully saturated rings. The topological polar surface area (TPSA) is 150 Å². The fourth-order valence-corrected chi connectivity index (χ4v) is 11.1. The smallest absolute Gasteiger partial charge is 0.376 e. The number of aromatic nitrogens is 4. The number of nitrogens with one attached hydrogen (secondary N) is 1. The van der Waals surface area contributed by atoms with Crippen molar-refractivity contribution in [1.29, 1.82) is 0 Å². The maximum absolute atomic E-state index is 9.80. The Balaban J connectivity index is 0.000000162. The number of halogens is 3. The van der Waals surface area contributed by atoms with E-state index in [9.17, 15) is 10.0 Å². The first kappa shape index (κ1) is 54.3. The number of rotatable bonds is 12. The third kappa shape index (κ3) is 15.1. The van der Waals surface area contributed by atoms with E-state index >= 15 is 0 Å². The minimum absolute atomic E-state index is 0.282. The molecular weight excluding hydrogens is 1070 g/mol. The highest BCUT2D eigenvalue weighted by Crippen LogP contribution is 2.39. The second-order valence-electron chi connectivity index (χ2n) is 19.2. The second-order valence-corrected chi connectivity index (χ2v) is 21.3. The summed E-state index contributed by atoms with van der Waals surface area (Å²) in [7, 11) is -0.723. The van der Waals surface area contributed by atoms with Crippen molar-refractivity contribution in [3.8, 4) is 0 Å². The molecule has 73 heavy (non-hydrogen) atoms. The number of hydrogen-bond donors (Lipinski definition) is 4. The summed E-state index contributed by atoms with van der Waals surface area (Å²) in [6.45, 7) is 10.9. The summed E-state index contributed by atoms with van der Waals surface area (Å²) in [5, 5.41) is 22.9. The maximum atomic E-state index is 9.80. The van der Waals surface area contributed by atoms with E-state index in [0.29, 0.717) is 18.0 Å². The molecule has 5 N–H and O–H groups in total. The Kier molecular flexibility index (Phi) is 20.1. The predicted molar refractivity (Wildman–Crippen MR) is 311 cm³/mol. The van der Waals surface area contributed by atoms with E-state index in [1.807, 2.05) is 50.2 Å². The van der Waals surface area contributed by atoms with Gasteiger partial charge in [0.2, 0.25) is 11.2 Å². The maximum Gasteiger partial charge on any atom is 0.376 e. The van der Waals surface area contributed by atoms with Crippen molar-refractivity contribution in [2.45, 2.75) is 89.9 Å². The third-order valence-corrected chi connectivity index (χ3v) is 15.6. The molecule has 384 valence electrons. The molecule has 0 unspecified atom stereocenters. The zero-order valence-corrected chi connectivity index (χ0v) is 46.1. The van der Waals surface area contributed by atoms with E-state index in [1.165, 1.54) is 75.6 Å². The Labute approximate surface area is 454 Å². The van der Waals surface area contributed by atoms with Gasteiger partial charge in [-0.2, -0.15) is 9.97 Å². The first-order chi connectivity index (χ1) is 35.5. The Hall–Kier alpha value is -4.94. The molecule has 2 aliphatic heterocycles. The van der Waals surface area contributed by atoms with Crippen LogP contribution in [0.15, 0.2) is 131 Å². The van der Waals surface area contributed by atoms with Crippen LogP contribution in [-0.2, 0) is 0 Å². The summed E-state index contributed by atoms with van der Waals surface area (Å²) in [6, 6.07) is 38.2. The summed E-state index contributed by atoms with van der Waals surface area (Å²) in [5.74, 6) is 2.34. The molecule has 10 rings (SSSR count). The van der Waals surface area contributed by atoms with E-state index < -0.39 is 0 Å². The Morgan fingerprint density at radius 1 is 0.562 bits per heavy atom. The van der Waals surface area contributed by atoms with Crippen LogP contribution in [0.1, 0.15) is 64.2 Å². The first-order valence-electron chi connectivity index (χ1n) is 26.0. The average Bonchev–Trinajstić information content (AvgIpc) is 3.43. The molecule has 4 aliphatic rings. The summed E-state index contributed by atoms with van der Waals surface area (Å²) in [6.07, 6.45) is 15.9. The predicted octanol–water partition coefficient (Wildman–Crippen LogP) is 11.6. The molecule has 2 saturated carbocycles. The van der Waals surface area contributed by atoms with Gasteiger partial charge in [-0.05, 0) is 156 Å². The largest absolute Gasteiger partial charge is 0.437 e. The zero-order valence-electron chi connectivity index (χ0n) is 42.2. The molecule has 0 bridgehead atoms. The van der Waals surface area contributed by atoms with Gasteiger partial charge in [-0.3, -0.25) is 0 Å². The summed E-state index contributed by atoms with van der Waals surface area (Å²) >= 11 is 13.3. The molecule has 19 heteroatoms. The van der Waals surface area contributed by atoms with Crippen molar-refractivity contribution in [2.24, 2.45) is 0 Å².